The summed E-state index contributed by atoms with van der Waals surface area (Å²) < 4.78 is 14.8. The molecule has 0 saturated carbocycles. The lowest BCUT2D eigenvalue weighted by atomic mass is 10.0. The number of aromatic nitrogens is 2. The summed E-state index contributed by atoms with van der Waals surface area (Å²) in [6.45, 7) is 0. The molecule has 1 aromatic carbocycles. The van der Waals surface area contributed by atoms with E-state index in [2.05, 4.69) is 25.9 Å². The first-order chi connectivity index (χ1) is 11.0. The summed E-state index contributed by atoms with van der Waals surface area (Å²) >= 11 is 4.55. The number of H-pyrrole nitrogens is 1. The first-order valence-electron chi connectivity index (χ1n) is 6.61. The number of nitrogens with zero attached hydrogens (tertiary/aromatic N) is 1. The number of aromatic amines is 1. The number of carbonyl (C=O) groups excluding carboxylic acids is 1. The molecule has 3 aromatic rings. The quantitative estimate of drug-likeness (QED) is 0.395. The van der Waals surface area contributed by atoms with E-state index in [9.17, 15) is 9.18 Å². The number of hydrogen-bond donors (Lipinski definition) is 2. The smallest absolute Gasteiger partial charge is 0.197 e. The highest BCUT2D eigenvalue weighted by molar-refractivity contribution is 9.10. The van der Waals surface area contributed by atoms with Gasteiger partial charge in [0.05, 0.1) is 11.3 Å². The van der Waals surface area contributed by atoms with Gasteiger partial charge in [0.25, 0.3) is 0 Å². The molecule has 7 heteroatoms. The van der Waals surface area contributed by atoms with Crippen LogP contribution in [0.5, 0.6) is 0 Å². The normalized spacial score (nSPS) is 10.9. The molecule has 0 atom stereocenters. The number of nitrogens with one attached hydrogen (secondary N) is 2. The van der Waals surface area contributed by atoms with Gasteiger partial charge in [0.2, 0.25) is 0 Å². The molecule has 0 aliphatic heterocycles. The Labute approximate surface area is 144 Å². The maximum Gasteiger partial charge on any atom is 0.197 e. The molecule has 0 amide bonds. The van der Waals surface area contributed by atoms with Gasteiger partial charge in [0, 0.05) is 33.3 Å². The average Bonchev–Trinajstić information content (AvgIpc) is 3.02. The third kappa shape index (κ3) is 2.82. The van der Waals surface area contributed by atoms with E-state index in [-0.39, 0.29) is 10.6 Å². The Bertz CT molecular complexity index is 938. The van der Waals surface area contributed by atoms with E-state index in [1.807, 2.05) is 0 Å². The fraction of sp³-hybridized carbons (Fsp3) is 0.0625. The molecule has 0 radical (unpaired) electrons. The molecule has 0 saturated heterocycles. The van der Waals surface area contributed by atoms with E-state index in [1.54, 1.807) is 18.5 Å². The van der Waals surface area contributed by atoms with Crippen molar-refractivity contribution in [1.29, 1.82) is 5.41 Å². The molecule has 0 fully saturated rings. The Kier molecular flexibility index (Phi) is 4.32. The number of pyridine rings is 1. The number of benzene rings is 1. The van der Waals surface area contributed by atoms with E-state index in [1.165, 1.54) is 36.2 Å². The van der Waals surface area contributed by atoms with Crippen molar-refractivity contribution in [3.63, 3.8) is 0 Å². The molecule has 0 bridgehead atoms. The van der Waals surface area contributed by atoms with Gasteiger partial charge in [-0.05, 0) is 46.5 Å². The van der Waals surface area contributed by atoms with Crippen molar-refractivity contribution in [3.8, 4) is 0 Å². The van der Waals surface area contributed by atoms with Gasteiger partial charge >= 0.3 is 0 Å². The summed E-state index contributed by atoms with van der Waals surface area (Å²) in [7, 11) is 0. The van der Waals surface area contributed by atoms with Crippen LogP contribution in [0.4, 0.5) is 4.39 Å². The fourth-order valence-corrected chi connectivity index (χ4v) is 3.32. The van der Waals surface area contributed by atoms with Crippen molar-refractivity contribution in [2.75, 3.05) is 6.26 Å². The van der Waals surface area contributed by atoms with Gasteiger partial charge in [0.15, 0.2) is 5.78 Å². The first kappa shape index (κ1) is 15.9. The van der Waals surface area contributed by atoms with Crippen molar-refractivity contribution in [3.05, 3.63) is 63.8 Å². The van der Waals surface area contributed by atoms with Crippen LogP contribution in [0.2, 0.25) is 0 Å². The van der Waals surface area contributed by atoms with Crippen LogP contribution < -0.4 is 0 Å². The van der Waals surface area contributed by atoms with Crippen LogP contribution in [-0.2, 0) is 0 Å². The fourth-order valence-electron chi connectivity index (χ4n) is 2.28. The second-order valence-corrected chi connectivity index (χ2v) is 6.39. The topological polar surface area (TPSA) is 69.6 Å². The van der Waals surface area contributed by atoms with Crippen molar-refractivity contribution in [1.82, 2.24) is 9.97 Å². The predicted molar refractivity (Wildman–Crippen MR) is 94.0 cm³/mol. The van der Waals surface area contributed by atoms with Crippen molar-refractivity contribution in [2.45, 2.75) is 0 Å². The van der Waals surface area contributed by atoms with Crippen molar-refractivity contribution >= 4 is 49.4 Å². The van der Waals surface area contributed by atoms with Gasteiger partial charge in [0.1, 0.15) is 10.9 Å². The van der Waals surface area contributed by atoms with Crippen molar-refractivity contribution < 1.29 is 9.18 Å². The summed E-state index contributed by atoms with van der Waals surface area (Å²) in [5, 5.41) is 8.78. The van der Waals surface area contributed by atoms with Crippen LogP contribution in [0.3, 0.4) is 0 Å². The summed E-state index contributed by atoms with van der Waals surface area (Å²) in [4.78, 5) is 19.7. The zero-order valence-electron chi connectivity index (χ0n) is 12.0. The Morgan fingerprint density at radius 1 is 1.39 bits per heavy atom. The molecule has 116 valence electrons. The molecule has 0 aliphatic carbocycles. The molecule has 2 aromatic heterocycles. The highest BCUT2D eigenvalue weighted by atomic mass is 79.9. The molecular weight excluding hydrogens is 381 g/mol. The van der Waals surface area contributed by atoms with Crippen LogP contribution in [-0.4, -0.2) is 27.1 Å². The van der Waals surface area contributed by atoms with Gasteiger partial charge < -0.3 is 4.98 Å². The second kappa shape index (κ2) is 6.25. The Balaban J connectivity index is 2.12. The van der Waals surface area contributed by atoms with Gasteiger partial charge in [-0.1, -0.05) is 0 Å². The zero-order valence-corrected chi connectivity index (χ0v) is 14.4. The minimum Gasteiger partial charge on any atom is -0.361 e. The number of ketones is 1. The molecule has 2 N–H and O–H groups in total. The lowest BCUT2D eigenvalue weighted by Crippen LogP contribution is -2.08. The molecule has 4 nitrogen and oxygen atoms in total. The summed E-state index contributed by atoms with van der Waals surface area (Å²) in [6, 6.07) is 6.11. The molecule has 23 heavy (non-hydrogen) atoms. The molecule has 2 heterocycles. The minimum atomic E-state index is -0.602. The Morgan fingerprint density at radius 2 is 2.17 bits per heavy atom. The van der Waals surface area contributed by atoms with Crippen LogP contribution >= 0.6 is 27.7 Å². The monoisotopic (exact) mass is 391 g/mol. The van der Waals surface area contributed by atoms with Gasteiger partial charge in [-0.2, -0.15) is 0 Å². The molecule has 0 spiro atoms. The third-order valence-corrected chi connectivity index (χ3v) is 4.87. The second-order valence-electron chi connectivity index (χ2n) is 4.78. The lowest BCUT2D eigenvalue weighted by Gasteiger charge is -2.08. The van der Waals surface area contributed by atoms with Gasteiger partial charge in [-0.25, -0.2) is 4.39 Å². The van der Waals surface area contributed by atoms with E-state index in [0.29, 0.717) is 21.2 Å². The summed E-state index contributed by atoms with van der Waals surface area (Å²) in [5.74, 6) is -1.05. The molecular formula is C16H11BrFN3OS. The number of hydrogen-bond acceptors (Lipinski definition) is 4. The van der Waals surface area contributed by atoms with Crippen LogP contribution in [0.25, 0.3) is 10.9 Å². The highest BCUT2D eigenvalue weighted by Gasteiger charge is 2.21. The zero-order chi connectivity index (χ0) is 16.6. The first-order valence-corrected chi connectivity index (χ1v) is 8.63. The summed E-state index contributed by atoms with van der Waals surface area (Å²) in [5.41, 5.74) is 1.28. The van der Waals surface area contributed by atoms with E-state index in [0.717, 1.165) is 5.39 Å². The third-order valence-electron chi connectivity index (χ3n) is 3.43. The SMILES string of the molecule is CSC(=N)c1cc(C(=O)c2c(F)cc3[nH]ccc3c2Br)ccn1. The summed E-state index contributed by atoms with van der Waals surface area (Å²) in [6.07, 6.45) is 4.90. The Hall–Kier alpha value is -1.99. The molecule has 0 unspecified atom stereocenters. The van der Waals surface area contributed by atoms with Crippen LogP contribution in [0.15, 0.2) is 41.1 Å². The predicted octanol–water partition coefficient (Wildman–Crippen LogP) is 4.38. The standard InChI is InChI=1S/C16H11BrFN3OS/c1-23-16(19)12-6-8(2-4-21-12)15(22)13-10(18)7-11-9(14(13)17)3-5-20-11/h2-7,19-20H,1H3. The van der Waals surface area contributed by atoms with E-state index >= 15 is 0 Å². The largest absolute Gasteiger partial charge is 0.361 e. The van der Waals surface area contributed by atoms with Crippen molar-refractivity contribution in [2.24, 2.45) is 0 Å². The number of fused-ring (bicyclic) bond motifs is 1. The number of halogens is 2. The van der Waals surface area contributed by atoms with Gasteiger partial charge in [-0.15, -0.1) is 11.8 Å². The van der Waals surface area contributed by atoms with Crippen LogP contribution in [0.1, 0.15) is 21.6 Å². The van der Waals surface area contributed by atoms with E-state index in [4.69, 9.17) is 5.41 Å². The number of rotatable bonds is 3. The molecule has 0 aliphatic rings. The van der Waals surface area contributed by atoms with Gasteiger partial charge in [-0.3, -0.25) is 15.2 Å². The average molecular weight is 392 g/mol. The highest BCUT2D eigenvalue weighted by Crippen LogP contribution is 2.31. The number of thioether (sulfide) groups is 1. The maximum atomic E-state index is 14.4. The molecule has 3 rings (SSSR count). The maximum absolute atomic E-state index is 14.4. The van der Waals surface area contributed by atoms with Crippen LogP contribution in [0, 0.1) is 11.2 Å². The van der Waals surface area contributed by atoms with E-state index < -0.39 is 11.6 Å². The minimum absolute atomic E-state index is 0.0232. The lowest BCUT2D eigenvalue weighted by molar-refractivity contribution is 0.103. The Morgan fingerprint density at radius 3 is 2.91 bits per heavy atom. The number of carbonyl (C=O) groups is 1.